The molecule has 0 saturated carbocycles. The largest absolute Gasteiger partial charge is 0.347 e. The lowest BCUT2D eigenvalue weighted by Crippen LogP contribution is -2.34. The monoisotopic (exact) mass is 348 g/mol. The maximum Gasteiger partial charge on any atom is 0.134 e. The molecule has 1 atom stereocenters. The number of H-pyrrole nitrogens is 1. The fraction of sp³-hybridized carbons (Fsp3) is 0.350. The van der Waals surface area contributed by atoms with E-state index in [-0.39, 0.29) is 0 Å². The molecule has 0 amide bonds. The number of nitrogens with zero attached hydrogens (tertiary/aromatic N) is 4. The van der Waals surface area contributed by atoms with E-state index in [0.29, 0.717) is 5.92 Å². The van der Waals surface area contributed by atoms with Gasteiger partial charge >= 0.3 is 0 Å². The maximum atomic E-state index is 4.47. The zero-order chi connectivity index (χ0) is 17.8. The number of anilines is 2. The smallest absolute Gasteiger partial charge is 0.134 e. The number of hydrogen-bond donors (Lipinski definition) is 2. The molecular weight excluding hydrogens is 324 g/mol. The Bertz CT molecular complexity index is 845. The SMILES string of the molecule is Cc1cccnc1Nc1cc([C@H]2CCCN(Cc3cnc[nH]3)C2)ccn1. The fourth-order valence-corrected chi connectivity index (χ4v) is 3.59. The van der Waals surface area contributed by atoms with Crippen LogP contribution in [0, 0.1) is 6.92 Å². The zero-order valence-corrected chi connectivity index (χ0v) is 15.0. The van der Waals surface area contributed by atoms with Crippen molar-refractivity contribution in [2.45, 2.75) is 32.2 Å². The molecular formula is C20H24N6. The lowest BCUT2D eigenvalue weighted by Gasteiger charge is -2.32. The molecule has 6 heteroatoms. The molecule has 0 bridgehead atoms. The molecule has 1 saturated heterocycles. The third kappa shape index (κ3) is 3.91. The van der Waals surface area contributed by atoms with Gasteiger partial charge in [0.1, 0.15) is 11.6 Å². The van der Waals surface area contributed by atoms with E-state index in [0.717, 1.165) is 36.8 Å². The Morgan fingerprint density at radius 2 is 2.23 bits per heavy atom. The number of aromatic amines is 1. The number of pyridine rings is 2. The van der Waals surface area contributed by atoms with Crippen LogP contribution >= 0.6 is 0 Å². The van der Waals surface area contributed by atoms with Gasteiger partial charge in [0.25, 0.3) is 0 Å². The number of hydrogen-bond acceptors (Lipinski definition) is 5. The number of aryl methyl sites for hydroxylation is 1. The van der Waals surface area contributed by atoms with Gasteiger partial charge in [-0.1, -0.05) is 6.07 Å². The molecule has 134 valence electrons. The summed E-state index contributed by atoms with van der Waals surface area (Å²) in [5, 5.41) is 3.35. The second-order valence-corrected chi connectivity index (χ2v) is 6.92. The van der Waals surface area contributed by atoms with Gasteiger partial charge in [0.2, 0.25) is 0 Å². The molecule has 0 spiro atoms. The summed E-state index contributed by atoms with van der Waals surface area (Å²) >= 11 is 0. The standard InChI is InChI=1S/C20H24N6/c1-15-4-2-7-23-20(15)25-19-10-16(6-8-22-19)17-5-3-9-26(12-17)13-18-11-21-14-24-18/h2,4,6-8,10-11,14,17H,3,5,9,12-13H2,1H3,(H,21,24)(H,22,23,25)/t17-/m0/s1. The van der Waals surface area contributed by atoms with E-state index < -0.39 is 0 Å². The molecule has 4 rings (SSSR count). The summed E-state index contributed by atoms with van der Waals surface area (Å²) in [6, 6.07) is 8.30. The van der Waals surface area contributed by atoms with Gasteiger partial charge in [0.05, 0.1) is 6.33 Å². The maximum absolute atomic E-state index is 4.47. The van der Waals surface area contributed by atoms with E-state index in [4.69, 9.17) is 0 Å². The van der Waals surface area contributed by atoms with E-state index >= 15 is 0 Å². The molecule has 3 aromatic heterocycles. The minimum absolute atomic E-state index is 0.528. The molecule has 0 aliphatic carbocycles. The van der Waals surface area contributed by atoms with E-state index in [2.05, 4.69) is 42.3 Å². The summed E-state index contributed by atoms with van der Waals surface area (Å²) in [5.74, 6) is 2.25. The van der Waals surface area contributed by atoms with Gasteiger partial charge in [0.15, 0.2) is 0 Å². The topological polar surface area (TPSA) is 69.7 Å². The Morgan fingerprint density at radius 3 is 3.08 bits per heavy atom. The summed E-state index contributed by atoms with van der Waals surface area (Å²) in [7, 11) is 0. The predicted molar refractivity (Wildman–Crippen MR) is 102 cm³/mol. The highest BCUT2D eigenvalue weighted by atomic mass is 15.1. The Labute approximate surface area is 153 Å². The van der Waals surface area contributed by atoms with Crippen LogP contribution in [0.2, 0.25) is 0 Å². The average molecular weight is 348 g/mol. The molecule has 1 aliphatic heterocycles. The second-order valence-electron chi connectivity index (χ2n) is 6.92. The highest BCUT2D eigenvalue weighted by molar-refractivity contribution is 5.56. The first-order valence-electron chi connectivity index (χ1n) is 9.12. The molecule has 0 aromatic carbocycles. The second kappa shape index (κ2) is 7.66. The van der Waals surface area contributed by atoms with Crippen LogP contribution in [0.25, 0.3) is 0 Å². The third-order valence-electron chi connectivity index (χ3n) is 4.97. The normalized spacial score (nSPS) is 18.0. The molecule has 0 radical (unpaired) electrons. The lowest BCUT2D eigenvalue weighted by molar-refractivity contribution is 0.198. The Balaban J connectivity index is 1.46. The molecule has 26 heavy (non-hydrogen) atoms. The van der Waals surface area contributed by atoms with Crippen LogP contribution in [0.15, 0.2) is 49.2 Å². The van der Waals surface area contributed by atoms with Crippen molar-refractivity contribution < 1.29 is 0 Å². The first-order chi connectivity index (χ1) is 12.8. The van der Waals surface area contributed by atoms with E-state index in [1.54, 1.807) is 12.5 Å². The van der Waals surface area contributed by atoms with E-state index in [9.17, 15) is 0 Å². The van der Waals surface area contributed by atoms with Crippen molar-refractivity contribution in [3.05, 3.63) is 66.0 Å². The van der Waals surface area contributed by atoms with Gasteiger partial charge in [0, 0.05) is 37.4 Å². The molecule has 1 aliphatic rings. The van der Waals surface area contributed by atoms with Gasteiger partial charge in [-0.25, -0.2) is 15.0 Å². The quantitative estimate of drug-likeness (QED) is 0.737. The number of imidazole rings is 1. The molecule has 1 fully saturated rings. The summed E-state index contributed by atoms with van der Waals surface area (Å²) in [4.78, 5) is 18.7. The lowest BCUT2D eigenvalue weighted by atomic mass is 9.91. The van der Waals surface area contributed by atoms with Crippen LogP contribution in [0.1, 0.15) is 35.6 Å². The summed E-state index contributed by atoms with van der Waals surface area (Å²) in [6.45, 7) is 5.18. The average Bonchev–Trinajstić information content (AvgIpc) is 3.17. The summed E-state index contributed by atoms with van der Waals surface area (Å²) in [6.07, 6.45) is 9.77. The van der Waals surface area contributed by atoms with Crippen LogP contribution < -0.4 is 5.32 Å². The number of rotatable bonds is 5. The van der Waals surface area contributed by atoms with E-state index in [1.807, 2.05) is 31.5 Å². The van der Waals surface area contributed by atoms with Gasteiger partial charge in [-0.3, -0.25) is 4.90 Å². The van der Waals surface area contributed by atoms with Crippen LogP contribution in [0.5, 0.6) is 0 Å². The minimum Gasteiger partial charge on any atom is -0.347 e. The third-order valence-corrected chi connectivity index (χ3v) is 4.97. The van der Waals surface area contributed by atoms with Crippen LogP contribution in [0.3, 0.4) is 0 Å². The number of likely N-dealkylation sites (tertiary alicyclic amines) is 1. The van der Waals surface area contributed by atoms with Gasteiger partial charge in [-0.05, 0) is 61.6 Å². The van der Waals surface area contributed by atoms with Crippen molar-refractivity contribution in [2.24, 2.45) is 0 Å². The van der Waals surface area contributed by atoms with E-state index in [1.165, 1.54) is 24.1 Å². The molecule has 0 unspecified atom stereocenters. The zero-order valence-electron chi connectivity index (χ0n) is 15.0. The van der Waals surface area contributed by atoms with Crippen molar-refractivity contribution in [3.63, 3.8) is 0 Å². The number of aromatic nitrogens is 4. The Kier molecular flexibility index (Phi) is 4.93. The van der Waals surface area contributed by atoms with Crippen molar-refractivity contribution >= 4 is 11.6 Å². The summed E-state index contributed by atoms with van der Waals surface area (Å²) in [5.41, 5.74) is 3.63. The first-order valence-corrected chi connectivity index (χ1v) is 9.12. The van der Waals surface area contributed by atoms with Crippen molar-refractivity contribution in [3.8, 4) is 0 Å². The minimum atomic E-state index is 0.528. The molecule has 4 heterocycles. The van der Waals surface area contributed by atoms with Crippen molar-refractivity contribution in [1.82, 2.24) is 24.8 Å². The molecule has 3 aromatic rings. The van der Waals surface area contributed by atoms with Crippen LogP contribution in [0.4, 0.5) is 11.6 Å². The number of piperidine rings is 1. The Morgan fingerprint density at radius 1 is 1.27 bits per heavy atom. The highest BCUT2D eigenvalue weighted by Gasteiger charge is 2.22. The summed E-state index contributed by atoms with van der Waals surface area (Å²) < 4.78 is 0. The Hall–Kier alpha value is -2.73. The fourth-order valence-electron chi connectivity index (χ4n) is 3.59. The van der Waals surface area contributed by atoms with Crippen molar-refractivity contribution in [2.75, 3.05) is 18.4 Å². The first kappa shape index (κ1) is 16.7. The van der Waals surface area contributed by atoms with Crippen LogP contribution in [-0.2, 0) is 6.54 Å². The number of nitrogens with one attached hydrogen (secondary N) is 2. The van der Waals surface area contributed by atoms with Gasteiger partial charge in [-0.15, -0.1) is 0 Å². The highest BCUT2D eigenvalue weighted by Crippen LogP contribution is 2.29. The predicted octanol–water partition coefficient (Wildman–Crippen LogP) is 3.63. The van der Waals surface area contributed by atoms with Gasteiger partial charge in [-0.2, -0.15) is 0 Å². The van der Waals surface area contributed by atoms with Crippen molar-refractivity contribution in [1.29, 1.82) is 0 Å². The molecule has 6 nitrogen and oxygen atoms in total. The molecule has 2 N–H and O–H groups in total. The van der Waals surface area contributed by atoms with Gasteiger partial charge < -0.3 is 10.3 Å². The van der Waals surface area contributed by atoms with Crippen LogP contribution in [-0.4, -0.2) is 37.9 Å².